The fourth-order valence-corrected chi connectivity index (χ4v) is 31.0. The minimum absolute atomic E-state index is 0.00586. The van der Waals surface area contributed by atoms with E-state index in [1.165, 1.54) is 53.9 Å². The van der Waals surface area contributed by atoms with Gasteiger partial charge in [0.1, 0.15) is 47.4 Å². The Hall–Kier alpha value is -12.4. The van der Waals surface area contributed by atoms with Crippen LogP contribution in [0.5, 0.6) is 23.0 Å². The molecule has 17 atom stereocenters. The number of cyclic esters (lactones) is 1. The van der Waals surface area contributed by atoms with Crippen molar-refractivity contribution in [2.45, 2.75) is 213 Å². The van der Waals surface area contributed by atoms with Gasteiger partial charge < -0.3 is 66.5 Å². The van der Waals surface area contributed by atoms with Crippen molar-refractivity contribution >= 4 is 96.4 Å². The van der Waals surface area contributed by atoms with Crippen molar-refractivity contribution in [2.24, 2.45) is 35.5 Å². The van der Waals surface area contributed by atoms with Gasteiger partial charge in [-0.1, -0.05) is 157 Å². The molecule has 22 nitrogen and oxygen atoms in total. The number of fused-ring (bicyclic) bond motifs is 4. The van der Waals surface area contributed by atoms with Crippen LogP contribution < -0.4 is 18.9 Å². The molecule has 4 saturated carbocycles. The maximum absolute atomic E-state index is 12.7. The number of benzene rings is 12. The highest BCUT2D eigenvalue weighted by Gasteiger charge is 2.66. The summed E-state index contributed by atoms with van der Waals surface area (Å²) in [5, 5.41) is 9.94. The van der Waals surface area contributed by atoms with Gasteiger partial charge in [-0.25, -0.2) is 24.0 Å². The molecule has 6 bridgehead atoms. The molecular weight excluding hydrogens is 1880 g/mol. The SMILES string of the molecule is Cc1cc([S+](c2ccccc2)c2ccccc2)cc(C)c1OCC(=O)OC1C2CC(C1O)C(S(=O)[O-])C2.Cc1cc([S+](c2ccccc2)c2ccccc2)cc(C)c1OCC(=O)OC1C2CC3C(=O)OC1C3C2.Cc1cc([S+](c2ccccc2)c2ccccc2)cc(C)c1OCC(=O)OC1C2CC3C(=O)OC1C3O2.Cc1cc([S+](c2ccccc2)c2ccccc2)cc(C)c1OCC(=O)OC1CCOC1=O. The monoisotopic (exact) mass is 1990 g/mol. The van der Waals surface area contributed by atoms with Gasteiger partial charge in [0.15, 0.2) is 97.4 Å². The van der Waals surface area contributed by atoms with Crippen molar-refractivity contribution in [3.63, 3.8) is 0 Å². The maximum Gasteiger partial charge on any atom is 0.347 e. The summed E-state index contributed by atoms with van der Waals surface area (Å²) in [4.78, 5) is 100. The lowest BCUT2D eigenvalue weighted by Gasteiger charge is -2.33. The summed E-state index contributed by atoms with van der Waals surface area (Å²) in [5.41, 5.74) is 7.61. The first-order valence-electron chi connectivity index (χ1n) is 47.5. The summed E-state index contributed by atoms with van der Waals surface area (Å²) in [6, 6.07) is 101. The fraction of sp³-hybridized carbons (Fsp3) is 0.307. The maximum atomic E-state index is 12.7. The highest BCUT2D eigenvalue weighted by atomic mass is 32.2. The molecule has 12 aromatic rings. The normalized spacial score (nSPS) is 23.3. The van der Waals surface area contributed by atoms with Gasteiger partial charge in [0.05, 0.1) is 74.2 Å². The Bertz CT molecular complexity index is 6080. The number of carbonyl (C=O) groups is 7. The molecular formula is C114H111O22S5+3. The molecule has 726 valence electrons. The van der Waals surface area contributed by atoms with Gasteiger partial charge in [0.25, 0.3) is 0 Å². The Kier molecular flexibility index (Phi) is 31.1. The van der Waals surface area contributed by atoms with E-state index >= 15 is 0 Å². The second kappa shape index (κ2) is 44.4. The number of aryl methyl sites for hydroxylation is 8. The van der Waals surface area contributed by atoms with Crippen molar-refractivity contribution in [1.29, 1.82) is 0 Å². The molecule has 9 fully saturated rings. The number of aliphatic hydroxyl groups is 1. The number of carbonyl (C=O) groups excluding carboxylic acids is 7. The first-order valence-corrected chi connectivity index (χ1v) is 53.5. The Labute approximate surface area is 834 Å². The van der Waals surface area contributed by atoms with Crippen LogP contribution in [0.15, 0.2) is 350 Å². The Balaban J connectivity index is 0.000000124. The molecule has 17 unspecified atom stereocenters. The van der Waals surface area contributed by atoms with Gasteiger partial charge in [-0.3, -0.25) is 13.8 Å². The van der Waals surface area contributed by atoms with Gasteiger partial charge in [-0.15, -0.1) is 0 Å². The second-order valence-corrected chi connectivity index (χ2v) is 45.9. The summed E-state index contributed by atoms with van der Waals surface area (Å²) in [7, 11) is -1.07. The van der Waals surface area contributed by atoms with Gasteiger partial charge >= 0.3 is 41.8 Å². The minimum Gasteiger partial charge on any atom is -0.772 e. The van der Waals surface area contributed by atoms with E-state index in [1.807, 2.05) is 104 Å². The van der Waals surface area contributed by atoms with Crippen LogP contribution in [0.4, 0.5) is 0 Å². The van der Waals surface area contributed by atoms with Crippen LogP contribution in [0.2, 0.25) is 0 Å². The predicted octanol–water partition coefficient (Wildman–Crippen LogP) is 18.6. The average molecular weight is 1990 g/mol. The summed E-state index contributed by atoms with van der Waals surface area (Å²) in [5.74, 6) is -0.529. The van der Waals surface area contributed by atoms with E-state index in [1.54, 1.807) is 0 Å². The van der Waals surface area contributed by atoms with E-state index in [-0.39, 0.29) is 148 Å². The quantitative estimate of drug-likeness (QED) is 0.0197. The van der Waals surface area contributed by atoms with Crippen LogP contribution in [-0.4, -0.2) is 149 Å². The summed E-state index contributed by atoms with van der Waals surface area (Å²) >= 11 is -2.23. The molecule has 141 heavy (non-hydrogen) atoms. The Morgan fingerprint density at radius 1 is 0.340 bits per heavy atom. The van der Waals surface area contributed by atoms with E-state index in [4.69, 9.17) is 56.8 Å². The molecule has 0 spiro atoms. The molecule has 0 radical (unpaired) electrons. The van der Waals surface area contributed by atoms with E-state index in [0.29, 0.717) is 48.7 Å². The third-order valence-corrected chi connectivity index (χ3v) is 36.9. The number of hydrogen-bond acceptors (Lipinski definition) is 22. The molecule has 5 heterocycles. The standard InChI is InChI=1S/C30H29O5S.C29H30O6S2.C29H27O6S.C26H25O5S/c1-18-13-23(36(21-9-5-3-6-10-21)22-11-7-4-8-12-22)14-19(2)27(18)33-17-26(31)34-28-20-15-24-25(16-20)30(32)35-29(24)28;1-18-13-23(36(21-9-5-3-6-10-21)22-11-7-4-8-12-22)14-19(2)28(18)34-17-26(30)35-29-20-15-24(27(29)31)25(16-20)37(32)33;1-17-13-21(36(19-9-5-3-6-10-19)20-11-7-4-8-12-20)14-18(2)25(17)32-16-24(30)34-27-23-15-22-26(33-23)28(27)35-29(22)31;1-18-15-22(32(20-9-5-3-6-10-20)21-11-7-4-8-12-21)16-19(2)25(18)30-17-24(27)31-23-13-14-29-26(23)28/h3-14,20,24-25,28-29H,15-17H2,1-2H3;3-14,20,24-25,27,29,31H,15-17H2,1-2H3;3-14,22-23,26-28H,15-16H2,1-2H3;3-12,15-16,23H,13-14,17H2,1-2H3/q+1;;2*+1. The van der Waals surface area contributed by atoms with Crippen LogP contribution in [0.25, 0.3) is 0 Å². The Morgan fingerprint density at radius 3 is 0.943 bits per heavy atom. The minimum atomic E-state index is -2.23. The zero-order valence-electron chi connectivity index (χ0n) is 79.3. The lowest BCUT2D eigenvalue weighted by molar-refractivity contribution is -0.163. The van der Waals surface area contributed by atoms with Crippen LogP contribution in [-0.2, 0) is 126 Å². The van der Waals surface area contributed by atoms with Crippen molar-refractivity contribution in [1.82, 2.24) is 0 Å². The number of aliphatic hydroxyl groups excluding tert-OH is 1. The number of hydrogen-bond donors (Lipinski definition) is 1. The molecule has 4 aliphatic carbocycles. The second-order valence-electron chi connectivity index (χ2n) is 36.7. The predicted molar refractivity (Wildman–Crippen MR) is 532 cm³/mol. The largest absolute Gasteiger partial charge is 0.772 e. The van der Waals surface area contributed by atoms with E-state index in [0.717, 1.165) is 62.2 Å². The van der Waals surface area contributed by atoms with Crippen molar-refractivity contribution in [2.75, 3.05) is 33.0 Å². The third-order valence-electron chi connectivity index (χ3n) is 27.1. The topological polar surface area (TPSA) is 291 Å². The summed E-state index contributed by atoms with van der Waals surface area (Å²) in [6.07, 6.45) is -1.11. The van der Waals surface area contributed by atoms with Crippen molar-refractivity contribution in [3.8, 4) is 23.0 Å². The van der Waals surface area contributed by atoms with Crippen molar-refractivity contribution < 1.29 is 104 Å². The van der Waals surface area contributed by atoms with E-state index in [2.05, 4.69) is 243 Å². The lowest BCUT2D eigenvalue weighted by Crippen LogP contribution is -2.43. The van der Waals surface area contributed by atoms with Crippen LogP contribution in [0.3, 0.4) is 0 Å². The fourth-order valence-electron chi connectivity index (χ4n) is 21.0. The summed E-state index contributed by atoms with van der Waals surface area (Å²) in [6.45, 7) is 15.3. The molecule has 1 N–H and O–H groups in total. The van der Waals surface area contributed by atoms with Crippen LogP contribution in [0.1, 0.15) is 83.0 Å². The smallest absolute Gasteiger partial charge is 0.347 e. The molecule has 12 aromatic carbocycles. The first-order chi connectivity index (χ1) is 68.3. The van der Waals surface area contributed by atoms with E-state index in [9.17, 15) is 47.4 Å². The molecule has 21 rings (SSSR count). The van der Waals surface area contributed by atoms with Gasteiger partial charge in [-0.2, -0.15) is 0 Å². The molecule has 5 saturated heterocycles. The molecule has 0 amide bonds. The highest BCUT2D eigenvalue weighted by molar-refractivity contribution is 7.98. The third kappa shape index (κ3) is 22.1. The highest BCUT2D eigenvalue weighted by Crippen LogP contribution is 2.56. The van der Waals surface area contributed by atoms with Crippen LogP contribution in [0, 0.1) is 90.9 Å². The molecule has 9 aliphatic rings. The molecule has 27 heteroatoms. The van der Waals surface area contributed by atoms with Crippen molar-refractivity contribution in [3.05, 3.63) is 336 Å². The zero-order valence-corrected chi connectivity index (χ0v) is 83.4. The van der Waals surface area contributed by atoms with Gasteiger partial charge in [-0.05, 0) is 229 Å². The lowest BCUT2D eigenvalue weighted by atomic mass is 9.88. The van der Waals surface area contributed by atoms with E-state index < -0.39 is 76.7 Å². The van der Waals surface area contributed by atoms with Gasteiger partial charge in [0, 0.05) is 83.9 Å². The number of esters is 7. The van der Waals surface area contributed by atoms with Gasteiger partial charge in [0.2, 0.25) is 6.10 Å². The number of rotatable bonds is 29. The molecule has 5 aliphatic heterocycles. The Morgan fingerprint density at radius 2 is 0.631 bits per heavy atom. The zero-order chi connectivity index (χ0) is 98.2. The first kappa shape index (κ1) is 98.7. The van der Waals surface area contributed by atoms with Crippen LogP contribution >= 0.6 is 0 Å². The molecule has 0 aromatic heterocycles. The summed E-state index contributed by atoms with van der Waals surface area (Å²) < 4.78 is 90.0. The average Bonchev–Trinajstić information content (AvgIpc) is 1.55. The number of ether oxygens (including phenoxy) is 12.